The fourth-order valence-corrected chi connectivity index (χ4v) is 4.26. The van der Waals surface area contributed by atoms with E-state index in [1.165, 1.54) is 0 Å². The molecule has 3 N–H and O–H groups in total. The van der Waals surface area contributed by atoms with Crippen molar-refractivity contribution in [3.05, 3.63) is 65.4 Å². The van der Waals surface area contributed by atoms with Gasteiger partial charge in [0.05, 0.1) is 6.04 Å². The lowest BCUT2D eigenvalue weighted by Crippen LogP contribution is -2.38. The summed E-state index contributed by atoms with van der Waals surface area (Å²) < 4.78 is 0. The molecule has 6 nitrogen and oxygen atoms in total. The first kappa shape index (κ1) is 24.4. The van der Waals surface area contributed by atoms with Gasteiger partial charge in [-0.25, -0.2) is 4.79 Å². The Bertz CT molecular complexity index is 1120. The molecule has 6 heteroatoms. The molecule has 3 rings (SSSR count). The van der Waals surface area contributed by atoms with Crippen molar-refractivity contribution < 1.29 is 9.90 Å². The number of phenols is 1. The zero-order valence-corrected chi connectivity index (χ0v) is 20.6. The van der Waals surface area contributed by atoms with E-state index >= 15 is 0 Å². The Labute approximate surface area is 197 Å². The van der Waals surface area contributed by atoms with Crippen LogP contribution in [0.3, 0.4) is 0 Å². The van der Waals surface area contributed by atoms with Gasteiger partial charge < -0.3 is 20.6 Å². The third-order valence-corrected chi connectivity index (χ3v) is 5.96. The first-order chi connectivity index (χ1) is 15.7. The predicted octanol–water partition coefficient (Wildman–Crippen LogP) is 5.49. The standard InChI is InChI=1S/C27H36N4O2/c1-7-28-26(33)30-23(18-12-10-13-19(16-18)31(8-2)9-3)21-17-22(27(4,5)6)20-14-11-15-29-24(20)25(21)32/h10-17,23,32H,7-9H2,1-6H3,(H2,28,30,33). The Morgan fingerprint density at radius 2 is 1.82 bits per heavy atom. The van der Waals surface area contributed by atoms with Crippen molar-refractivity contribution in [1.29, 1.82) is 0 Å². The molecule has 1 heterocycles. The van der Waals surface area contributed by atoms with Crippen molar-refractivity contribution in [3.63, 3.8) is 0 Å². The number of rotatable bonds is 7. The maximum atomic E-state index is 12.7. The highest BCUT2D eigenvalue weighted by Crippen LogP contribution is 2.40. The average molecular weight is 449 g/mol. The van der Waals surface area contributed by atoms with E-state index in [-0.39, 0.29) is 17.2 Å². The molecule has 2 amide bonds. The number of nitrogens with one attached hydrogen (secondary N) is 2. The number of amides is 2. The Morgan fingerprint density at radius 3 is 2.45 bits per heavy atom. The quantitative estimate of drug-likeness (QED) is 0.446. The van der Waals surface area contributed by atoms with Crippen LogP contribution in [0.15, 0.2) is 48.7 Å². The summed E-state index contributed by atoms with van der Waals surface area (Å²) in [6.07, 6.45) is 1.69. The number of phenolic OH excluding ortho intramolecular Hbond substituents is 1. The summed E-state index contributed by atoms with van der Waals surface area (Å²) in [6.45, 7) is 14.8. The zero-order chi connectivity index (χ0) is 24.2. The number of urea groups is 1. The highest BCUT2D eigenvalue weighted by molar-refractivity contribution is 5.90. The maximum Gasteiger partial charge on any atom is 0.315 e. The Morgan fingerprint density at radius 1 is 1.09 bits per heavy atom. The van der Waals surface area contributed by atoms with Crippen LogP contribution in [0.5, 0.6) is 5.75 Å². The van der Waals surface area contributed by atoms with E-state index in [4.69, 9.17) is 0 Å². The fourth-order valence-electron chi connectivity index (χ4n) is 4.26. The van der Waals surface area contributed by atoms with Crippen LogP contribution in [0.1, 0.15) is 64.3 Å². The molecule has 176 valence electrons. The van der Waals surface area contributed by atoms with Crippen molar-refractivity contribution in [2.24, 2.45) is 0 Å². The minimum atomic E-state index is -0.542. The number of carbonyl (C=O) groups excluding carboxylic acids is 1. The highest BCUT2D eigenvalue weighted by atomic mass is 16.3. The molecule has 0 aliphatic heterocycles. The molecule has 1 unspecified atom stereocenters. The van der Waals surface area contributed by atoms with Gasteiger partial charge in [0, 0.05) is 42.5 Å². The van der Waals surface area contributed by atoms with E-state index in [1.54, 1.807) is 6.20 Å². The van der Waals surface area contributed by atoms with Gasteiger partial charge in [0.1, 0.15) is 11.3 Å². The van der Waals surface area contributed by atoms with Gasteiger partial charge in [-0.3, -0.25) is 4.98 Å². The number of pyridine rings is 1. The Hall–Kier alpha value is -3.28. The topological polar surface area (TPSA) is 77.5 Å². The predicted molar refractivity (Wildman–Crippen MR) is 136 cm³/mol. The number of hydrogen-bond donors (Lipinski definition) is 3. The summed E-state index contributed by atoms with van der Waals surface area (Å²) in [4.78, 5) is 19.4. The fraction of sp³-hybridized carbons (Fsp3) is 0.407. The summed E-state index contributed by atoms with van der Waals surface area (Å²) in [7, 11) is 0. The van der Waals surface area contributed by atoms with Crippen LogP contribution in [0.4, 0.5) is 10.5 Å². The molecule has 0 aliphatic rings. The third-order valence-electron chi connectivity index (χ3n) is 5.96. The molecule has 0 saturated carbocycles. The molecule has 0 fully saturated rings. The second-order valence-electron chi connectivity index (χ2n) is 9.22. The number of hydrogen-bond acceptors (Lipinski definition) is 4. The molecule has 0 saturated heterocycles. The van der Waals surface area contributed by atoms with Crippen LogP contribution < -0.4 is 15.5 Å². The lowest BCUT2D eigenvalue weighted by Gasteiger charge is -2.28. The van der Waals surface area contributed by atoms with Crippen LogP contribution in [0, 0.1) is 0 Å². The Balaban J connectivity index is 2.25. The number of anilines is 1. The van der Waals surface area contributed by atoms with Crippen LogP contribution >= 0.6 is 0 Å². The van der Waals surface area contributed by atoms with E-state index in [0.717, 1.165) is 35.3 Å². The minimum Gasteiger partial charge on any atom is -0.505 e. The second kappa shape index (κ2) is 10.1. The number of aromatic nitrogens is 1. The van der Waals surface area contributed by atoms with Crippen molar-refractivity contribution in [2.75, 3.05) is 24.5 Å². The Kier molecular flexibility index (Phi) is 7.46. The van der Waals surface area contributed by atoms with E-state index < -0.39 is 6.04 Å². The minimum absolute atomic E-state index is 0.0913. The van der Waals surface area contributed by atoms with Crippen LogP contribution in [-0.2, 0) is 5.41 Å². The first-order valence-corrected chi connectivity index (χ1v) is 11.7. The normalized spacial score (nSPS) is 12.4. The smallest absolute Gasteiger partial charge is 0.315 e. The molecule has 3 aromatic rings. The molecule has 1 aromatic heterocycles. The number of benzene rings is 2. The van der Waals surface area contributed by atoms with Gasteiger partial charge in [0.25, 0.3) is 0 Å². The molecular weight excluding hydrogens is 412 g/mol. The SMILES string of the molecule is CCNC(=O)NC(c1cccc(N(CC)CC)c1)c1cc(C(C)(C)C)c2cccnc2c1O. The van der Waals surface area contributed by atoms with Gasteiger partial charge in [-0.2, -0.15) is 0 Å². The van der Waals surface area contributed by atoms with E-state index in [1.807, 2.05) is 37.3 Å². The third kappa shape index (κ3) is 5.21. The highest BCUT2D eigenvalue weighted by Gasteiger charge is 2.27. The summed E-state index contributed by atoms with van der Waals surface area (Å²) in [6, 6.07) is 13.2. The monoisotopic (exact) mass is 448 g/mol. The number of fused-ring (bicyclic) bond motifs is 1. The van der Waals surface area contributed by atoms with Crippen LogP contribution in [0.25, 0.3) is 10.9 Å². The molecule has 0 aliphatic carbocycles. The van der Waals surface area contributed by atoms with Crippen LogP contribution in [-0.4, -0.2) is 35.8 Å². The van der Waals surface area contributed by atoms with E-state index in [0.29, 0.717) is 17.6 Å². The van der Waals surface area contributed by atoms with Gasteiger partial charge in [0.15, 0.2) is 0 Å². The summed E-state index contributed by atoms with van der Waals surface area (Å²) >= 11 is 0. The van der Waals surface area contributed by atoms with Crippen molar-refractivity contribution in [2.45, 2.75) is 53.0 Å². The van der Waals surface area contributed by atoms with Crippen molar-refractivity contribution in [3.8, 4) is 5.75 Å². The molecule has 0 bridgehead atoms. The van der Waals surface area contributed by atoms with Gasteiger partial charge in [-0.05, 0) is 61.6 Å². The van der Waals surface area contributed by atoms with Gasteiger partial charge >= 0.3 is 6.03 Å². The molecule has 0 radical (unpaired) electrons. The molecule has 33 heavy (non-hydrogen) atoms. The molecule has 2 aromatic carbocycles. The largest absolute Gasteiger partial charge is 0.505 e. The second-order valence-corrected chi connectivity index (χ2v) is 9.22. The first-order valence-electron chi connectivity index (χ1n) is 11.7. The van der Waals surface area contributed by atoms with E-state index in [9.17, 15) is 9.90 Å². The number of carbonyl (C=O) groups is 1. The van der Waals surface area contributed by atoms with Crippen molar-refractivity contribution >= 4 is 22.6 Å². The zero-order valence-electron chi connectivity index (χ0n) is 20.6. The van der Waals surface area contributed by atoms with E-state index in [2.05, 4.69) is 67.3 Å². The maximum absolute atomic E-state index is 12.7. The van der Waals surface area contributed by atoms with Gasteiger partial charge in [-0.15, -0.1) is 0 Å². The lowest BCUT2D eigenvalue weighted by atomic mass is 9.81. The summed E-state index contributed by atoms with van der Waals surface area (Å²) in [5, 5.41) is 18.2. The van der Waals surface area contributed by atoms with Gasteiger partial charge in [0.2, 0.25) is 0 Å². The molecule has 1 atom stereocenters. The number of nitrogens with zero attached hydrogens (tertiary/aromatic N) is 2. The van der Waals surface area contributed by atoms with Crippen LogP contribution in [0.2, 0.25) is 0 Å². The lowest BCUT2D eigenvalue weighted by molar-refractivity contribution is 0.239. The van der Waals surface area contributed by atoms with Crippen molar-refractivity contribution in [1.82, 2.24) is 15.6 Å². The van der Waals surface area contributed by atoms with Gasteiger partial charge in [-0.1, -0.05) is 39.0 Å². The molecule has 0 spiro atoms. The molecular formula is C27H36N4O2. The summed E-state index contributed by atoms with van der Waals surface area (Å²) in [5.41, 5.74) is 4.05. The average Bonchev–Trinajstić information content (AvgIpc) is 2.79. The summed E-state index contributed by atoms with van der Waals surface area (Å²) in [5.74, 6) is 0.0913. The number of aromatic hydroxyl groups is 1.